The van der Waals surface area contributed by atoms with E-state index >= 15 is 0 Å². The van der Waals surface area contributed by atoms with Crippen molar-refractivity contribution in [1.82, 2.24) is 19.7 Å². The lowest BCUT2D eigenvalue weighted by atomic mass is 9.88. The lowest BCUT2D eigenvalue weighted by molar-refractivity contribution is 0.460. The molecule has 4 heteroatoms. The molecule has 4 heterocycles. The second-order valence-electron chi connectivity index (χ2n) is 9.39. The fraction of sp³-hybridized carbons (Fsp3) is 0.423. The molecule has 1 fully saturated rings. The quantitative estimate of drug-likeness (QED) is 0.428. The maximum atomic E-state index is 4.59. The monoisotopic (exact) mass is 400 g/mol. The van der Waals surface area contributed by atoms with Crippen LogP contribution in [-0.4, -0.2) is 27.5 Å². The fourth-order valence-electron chi connectivity index (χ4n) is 5.09. The minimum atomic E-state index is 0.424. The van der Waals surface area contributed by atoms with E-state index < -0.39 is 0 Å². The minimum Gasteiger partial charge on any atom is -0.354 e. The first-order chi connectivity index (χ1) is 14.5. The Balaban J connectivity index is 1.69. The van der Waals surface area contributed by atoms with E-state index in [2.05, 4.69) is 84.0 Å². The number of rotatable bonds is 4. The van der Waals surface area contributed by atoms with Gasteiger partial charge in [-0.1, -0.05) is 33.8 Å². The van der Waals surface area contributed by atoms with Gasteiger partial charge in [-0.15, -0.1) is 0 Å². The average molecular weight is 401 g/mol. The molecule has 1 aliphatic rings. The first kappa shape index (κ1) is 19.4. The van der Waals surface area contributed by atoms with Gasteiger partial charge in [-0.3, -0.25) is 0 Å². The summed E-state index contributed by atoms with van der Waals surface area (Å²) in [5.41, 5.74) is 9.00. The molecule has 0 aliphatic carbocycles. The first-order valence-electron chi connectivity index (χ1n) is 11.4. The van der Waals surface area contributed by atoms with E-state index in [1.807, 2.05) is 6.20 Å². The molecule has 0 atom stereocenters. The summed E-state index contributed by atoms with van der Waals surface area (Å²) in [6, 6.07) is 9.42. The minimum absolute atomic E-state index is 0.424. The molecule has 5 rings (SSSR count). The zero-order chi connectivity index (χ0) is 20.8. The molecule has 0 saturated carbocycles. The van der Waals surface area contributed by atoms with Gasteiger partial charge in [0.1, 0.15) is 5.65 Å². The van der Waals surface area contributed by atoms with Crippen molar-refractivity contribution in [3.8, 4) is 11.3 Å². The number of piperidine rings is 1. The SMILES string of the molecule is CC(C)c1c(-c2cc(C(C)C)c3nccn3c2)[nH]c2ccc(C3CCNCC3)cc12. The van der Waals surface area contributed by atoms with Crippen LogP contribution in [0.15, 0.2) is 42.9 Å². The van der Waals surface area contributed by atoms with Gasteiger partial charge in [0.25, 0.3) is 0 Å². The highest BCUT2D eigenvalue weighted by Crippen LogP contribution is 2.39. The van der Waals surface area contributed by atoms with Crippen LogP contribution in [0.25, 0.3) is 27.8 Å². The van der Waals surface area contributed by atoms with Crippen molar-refractivity contribution in [3.05, 3.63) is 59.5 Å². The number of nitrogens with one attached hydrogen (secondary N) is 2. The van der Waals surface area contributed by atoms with Gasteiger partial charge in [0.2, 0.25) is 0 Å². The lowest BCUT2D eigenvalue weighted by Crippen LogP contribution is -2.26. The summed E-state index contributed by atoms with van der Waals surface area (Å²) in [4.78, 5) is 8.35. The van der Waals surface area contributed by atoms with Gasteiger partial charge in [-0.05, 0) is 78.6 Å². The molecule has 4 aromatic rings. The summed E-state index contributed by atoms with van der Waals surface area (Å²) < 4.78 is 2.17. The van der Waals surface area contributed by atoms with Crippen molar-refractivity contribution in [2.75, 3.05) is 13.1 Å². The Hall–Kier alpha value is -2.59. The molecule has 156 valence electrons. The van der Waals surface area contributed by atoms with Crippen LogP contribution in [0, 0.1) is 0 Å². The van der Waals surface area contributed by atoms with E-state index in [-0.39, 0.29) is 0 Å². The number of imidazole rings is 1. The van der Waals surface area contributed by atoms with Crippen LogP contribution in [0.1, 0.15) is 75.0 Å². The molecular weight excluding hydrogens is 368 g/mol. The molecule has 1 aliphatic heterocycles. The van der Waals surface area contributed by atoms with E-state index in [4.69, 9.17) is 0 Å². The van der Waals surface area contributed by atoms with Crippen molar-refractivity contribution in [1.29, 1.82) is 0 Å². The maximum Gasteiger partial charge on any atom is 0.140 e. The van der Waals surface area contributed by atoms with E-state index in [0.717, 1.165) is 18.7 Å². The van der Waals surface area contributed by atoms with Gasteiger partial charge < -0.3 is 14.7 Å². The lowest BCUT2D eigenvalue weighted by Gasteiger charge is -2.23. The predicted molar refractivity (Wildman–Crippen MR) is 126 cm³/mol. The second-order valence-corrected chi connectivity index (χ2v) is 9.39. The Labute approximate surface area is 178 Å². The normalized spacial score (nSPS) is 15.8. The summed E-state index contributed by atoms with van der Waals surface area (Å²) in [6.07, 6.45) is 8.63. The van der Waals surface area contributed by atoms with E-state index in [1.165, 1.54) is 51.7 Å². The van der Waals surface area contributed by atoms with Crippen molar-refractivity contribution in [2.24, 2.45) is 0 Å². The highest BCUT2D eigenvalue weighted by molar-refractivity contribution is 5.92. The van der Waals surface area contributed by atoms with Gasteiger partial charge in [-0.25, -0.2) is 4.98 Å². The average Bonchev–Trinajstić information content (AvgIpc) is 3.37. The van der Waals surface area contributed by atoms with Gasteiger partial charge in [0.15, 0.2) is 0 Å². The molecule has 3 aromatic heterocycles. The van der Waals surface area contributed by atoms with Crippen molar-refractivity contribution in [3.63, 3.8) is 0 Å². The Morgan fingerprint density at radius 3 is 2.57 bits per heavy atom. The number of benzene rings is 1. The third-order valence-electron chi connectivity index (χ3n) is 6.68. The second kappa shape index (κ2) is 7.59. The third-order valence-corrected chi connectivity index (χ3v) is 6.68. The van der Waals surface area contributed by atoms with Crippen molar-refractivity contribution < 1.29 is 0 Å². The van der Waals surface area contributed by atoms with Crippen LogP contribution in [0.4, 0.5) is 0 Å². The Kier molecular flexibility index (Phi) is 4.90. The topological polar surface area (TPSA) is 45.1 Å². The fourth-order valence-corrected chi connectivity index (χ4v) is 5.09. The number of fused-ring (bicyclic) bond motifs is 2. The van der Waals surface area contributed by atoms with Crippen LogP contribution in [0.5, 0.6) is 0 Å². The van der Waals surface area contributed by atoms with Gasteiger partial charge >= 0.3 is 0 Å². The number of aromatic amines is 1. The van der Waals surface area contributed by atoms with E-state index in [9.17, 15) is 0 Å². The molecule has 0 amide bonds. The first-order valence-corrected chi connectivity index (χ1v) is 11.4. The number of hydrogen-bond acceptors (Lipinski definition) is 2. The summed E-state index contributed by atoms with van der Waals surface area (Å²) >= 11 is 0. The number of hydrogen-bond donors (Lipinski definition) is 2. The Morgan fingerprint density at radius 2 is 1.83 bits per heavy atom. The molecule has 1 aromatic carbocycles. The predicted octanol–water partition coefficient (Wildman–Crippen LogP) is 6.20. The van der Waals surface area contributed by atoms with Crippen LogP contribution < -0.4 is 5.32 Å². The highest BCUT2D eigenvalue weighted by Gasteiger charge is 2.21. The van der Waals surface area contributed by atoms with Gasteiger partial charge in [0.05, 0.1) is 5.69 Å². The molecule has 30 heavy (non-hydrogen) atoms. The van der Waals surface area contributed by atoms with E-state index in [1.54, 1.807) is 0 Å². The largest absolute Gasteiger partial charge is 0.354 e. The standard InChI is InChI=1S/C26H32N4/c1-16(2)21-14-20(15-30-12-11-28-26(21)30)25-24(17(3)4)22-13-19(5-6-23(22)29-25)18-7-9-27-10-8-18/h5-6,11-18,27,29H,7-10H2,1-4H3. The van der Waals surface area contributed by atoms with Gasteiger partial charge in [-0.2, -0.15) is 0 Å². The third kappa shape index (κ3) is 3.24. The molecular formula is C26H32N4. The highest BCUT2D eigenvalue weighted by atomic mass is 15.0. The van der Waals surface area contributed by atoms with Crippen molar-refractivity contribution >= 4 is 16.6 Å². The van der Waals surface area contributed by atoms with Crippen molar-refractivity contribution in [2.45, 2.75) is 58.3 Å². The number of aromatic nitrogens is 3. The van der Waals surface area contributed by atoms with Crippen LogP contribution in [0.2, 0.25) is 0 Å². The molecule has 0 unspecified atom stereocenters. The Bertz CT molecular complexity index is 1190. The number of H-pyrrole nitrogens is 1. The molecule has 1 saturated heterocycles. The summed E-state index contributed by atoms with van der Waals surface area (Å²) in [5.74, 6) is 1.54. The summed E-state index contributed by atoms with van der Waals surface area (Å²) in [7, 11) is 0. The maximum absolute atomic E-state index is 4.59. The van der Waals surface area contributed by atoms with E-state index in [0.29, 0.717) is 17.8 Å². The van der Waals surface area contributed by atoms with Crippen LogP contribution in [-0.2, 0) is 0 Å². The Morgan fingerprint density at radius 1 is 1.03 bits per heavy atom. The summed E-state index contributed by atoms with van der Waals surface area (Å²) in [5, 5.41) is 4.87. The summed E-state index contributed by atoms with van der Waals surface area (Å²) in [6.45, 7) is 11.4. The molecule has 0 spiro atoms. The molecule has 0 bridgehead atoms. The molecule has 0 radical (unpaired) electrons. The van der Waals surface area contributed by atoms with Crippen LogP contribution in [0.3, 0.4) is 0 Å². The molecule has 4 nitrogen and oxygen atoms in total. The molecule has 2 N–H and O–H groups in total. The zero-order valence-electron chi connectivity index (χ0n) is 18.5. The zero-order valence-corrected chi connectivity index (χ0v) is 18.5. The van der Waals surface area contributed by atoms with Gasteiger partial charge in [0, 0.05) is 35.1 Å². The van der Waals surface area contributed by atoms with Crippen LogP contribution >= 0.6 is 0 Å². The smallest absolute Gasteiger partial charge is 0.140 e. The number of pyridine rings is 1. The number of nitrogens with zero attached hydrogens (tertiary/aromatic N) is 2.